The Kier molecular flexibility index (Phi) is 4.68. The molecule has 6 nitrogen and oxygen atoms in total. The molecule has 2 saturated heterocycles. The van der Waals surface area contributed by atoms with Crippen molar-refractivity contribution in [3.05, 3.63) is 36.2 Å². The Morgan fingerprint density at radius 2 is 1.40 bits per heavy atom. The molecule has 2 aliphatic heterocycles. The molecular formula is C19H26N6. The number of piperazine rings is 1. The van der Waals surface area contributed by atoms with Crippen molar-refractivity contribution >= 4 is 17.6 Å². The van der Waals surface area contributed by atoms with Gasteiger partial charge in [0.2, 0.25) is 5.95 Å². The van der Waals surface area contributed by atoms with Gasteiger partial charge in [0.1, 0.15) is 11.6 Å². The van der Waals surface area contributed by atoms with E-state index in [1.165, 1.54) is 19.3 Å². The number of nitrogens with zero attached hydrogens (tertiary/aromatic N) is 6. The quantitative estimate of drug-likeness (QED) is 0.857. The van der Waals surface area contributed by atoms with Crippen molar-refractivity contribution in [1.29, 1.82) is 0 Å². The maximum Gasteiger partial charge on any atom is 0.227 e. The molecule has 0 N–H and O–H groups in total. The Balaban J connectivity index is 1.42. The minimum Gasteiger partial charge on any atom is -0.356 e. The van der Waals surface area contributed by atoms with Gasteiger partial charge in [0.25, 0.3) is 0 Å². The summed E-state index contributed by atoms with van der Waals surface area (Å²) in [6, 6.07) is 8.26. The van der Waals surface area contributed by atoms with Crippen LogP contribution >= 0.6 is 0 Å². The zero-order chi connectivity index (χ0) is 17.1. The van der Waals surface area contributed by atoms with Crippen LogP contribution < -0.4 is 14.7 Å². The van der Waals surface area contributed by atoms with Gasteiger partial charge in [0.05, 0.1) is 0 Å². The van der Waals surface area contributed by atoms with Crippen molar-refractivity contribution in [2.45, 2.75) is 26.2 Å². The van der Waals surface area contributed by atoms with Crippen molar-refractivity contribution in [1.82, 2.24) is 15.0 Å². The van der Waals surface area contributed by atoms with Gasteiger partial charge in [-0.3, -0.25) is 0 Å². The summed E-state index contributed by atoms with van der Waals surface area (Å²) in [5, 5.41) is 0. The largest absolute Gasteiger partial charge is 0.356 e. The summed E-state index contributed by atoms with van der Waals surface area (Å²) in [5.41, 5.74) is 1.07. The van der Waals surface area contributed by atoms with E-state index < -0.39 is 0 Å². The SMILES string of the molecule is Cc1cccc(N2CCN(c3nccc(N4CCCCC4)n3)CC2)n1. The van der Waals surface area contributed by atoms with Crippen LogP contribution in [0.25, 0.3) is 0 Å². The second kappa shape index (κ2) is 7.25. The molecule has 6 heteroatoms. The molecule has 132 valence electrons. The molecule has 0 amide bonds. The highest BCUT2D eigenvalue weighted by atomic mass is 15.3. The lowest BCUT2D eigenvalue weighted by Gasteiger charge is -2.36. The molecule has 0 saturated carbocycles. The van der Waals surface area contributed by atoms with Crippen LogP contribution in [0.3, 0.4) is 0 Å². The Morgan fingerprint density at radius 3 is 2.16 bits per heavy atom. The fraction of sp³-hybridized carbons (Fsp3) is 0.526. The van der Waals surface area contributed by atoms with Crippen LogP contribution in [-0.2, 0) is 0 Å². The smallest absolute Gasteiger partial charge is 0.227 e. The molecular weight excluding hydrogens is 312 g/mol. The normalized spacial score (nSPS) is 18.5. The Bertz CT molecular complexity index is 705. The van der Waals surface area contributed by atoms with Gasteiger partial charge in [-0.1, -0.05) is 6.07 Å². The number of pyridine rings is 1. The van der Waals surface area contributed by atoms with Gasteiger partial charge in [0, 0.05) is 51.2 Å². The second-order valence-electron chi connectivity index (χ2n) is 6.87. The molecule has 2 fully saturated rings. The van der Waals surface area contributed by atoms with Gasteiger partial charge < -0.3 is 14.7 Å². The molecule has 0 atom stereocenters. The van der Waals surface area contributed by atoms with Gasteiger partial charge >= 0.3 is 0 Å². The summed E-state index contributed by atoms with van der Waals surface area (Å²) in [6.45, 7) is 8.03. The first-order valence-corrected chi connectivity index (χ1v) is 9.31. The van der Waals surface area contributed by atoms with E-state index in [0.717, 1.165) is 62.5 Å². The lowest BCUT2D eigenvalue weighted by atomic mass is 10.1. The van der Waals surface area contributed by atoms with Crippen molar-refractivity contribution in [2.24, 2.45) is 0 Å². The zero-order valence-corrected chi connectivity index (χ0v) is 14.9. The summed E-state index contributed by atoms with van der Waals surface area (Å²) in [7, 11) is 0. The van der Waals surface area contributed by atoms with E-state index in [1.54, 1.807) is 0 Å². The van der Waals surface area contributed by atoms with Crippen LogP contribution in [0.15, 0.2) is 30.5 Å². The Labute approximate surface area is 149 Å². The highest BCUT2D eigenvalue weighted by molar-refractivity contribution is 5.46. The zero-order valence-electron chi connectivity index (χ0n) is 14.9. The molecule has 0 aliphatic carbocycles. The number of anilines is 3. The molecule has 4 rings (SSSR count). The molecule has 0 unspecified atom stereocenters. The number of rotatable bonds is 3. The van der Waals surface area contributed by atoms with E-state index >= 15 is 0 Å². The van der Waals surface area contributed by atoms with Crippen LogP contribution in [0.5, 0.6) is 0 Å². The fourth-order valence-electron chi connectivity index (χ4n) is 3.63. The lowest BCUT2D eigenvalue weighted by molar-refractivity contribution is 0.571. The van der Waals surface area contributed by atoms with Crippen molar-refractivity contribution in [3.8, 4) is 0 Å². The second-order valence-corrected chi connectivity index (χ2v) is 6.87. The van der Waals surface area contributed by atoms with Crippen LogP contribution in [0.1, 0.15) is 25.0 Å². The third-order valence-corrected chi connectivity index (χ3v) is 5.07. The topological polar surface area (TPSA) is 48.4 Å². The molecule has 2 aromatic rings. The van der Waals surface area contributed by atoms with Gasteiger partial charge in [-0.25, -0.2) is 9.97 Å². The van der Waals surface area contributed by atoms with Gasteiger partial charge in [-0.05, 0) is 44.4 Å². The lowest BCUT2D eigenvalue weighted by Crippen LogP contribution is -2.47. The Morgan fingerprint density at radius 1 is 0.720 bits per heavy atom. The molecule has 0 bridgehead atoms. The molecule has 0 radical (unpaired) electrons. The van der Waals surface area contributed by atoms with Gasteiger partial charge in [-0.15, -0.1) is 0 Å². The number of hydrogen-bond acceptors (Lipinski definition) is 6. The summed E-state index contributed by atoms with van der Waals surface area (Å²) >= 11 is 0. The summed E-state index contributed by atoms with van der Waals surface area (Å²) < 4.78 is 0. The monoisotopic (exact) mass is 338 g/mol. The molecule has 4 heterocycles. The minimum atomic E-state index is 0.861. The predicted molar refractivity (Wildman–Crippen MR) is 101 cm³/mol. The van der Waals surface area contributed by atoms with Crippen molar-refractivity contribution in [2.75, 3.05) is 54.0 Å². The number of aryl methyl sites for hydroxylation is 1. The Hall–Kier alpha value is -2.37. The van der Waals surface area contributed by atoms with Crippen LogP contribution in [0, 0.1) is 6.92 Å². The first-order valence-electron chi connectivity index (χ1n) is 9.31. The van der Waals surface area contributed by atoms with Gasteiger partial charge in [-0.2, -0.15) is 4.98 Å². The molecule has 2 aromatic heterocycles. The highest BCUT2D eigenvalue weighted by Crippen LogP contribution is 2.21. The summed E-state index contributed by atoms with van der Waals surface area (Å²) in [6.07, 6.45) is 5.77. The minimum absolute atomic E-state index is 0.861. The van der Waals surface area contributed by atoms with E-state index in [0.29, 0.717) is 0 Å². The molecule has 0 spiro atoms. The molecule has 0 aromatic carbocycles. The van der Waals surface area contributed by atoms with Crippen LogP contribution in [0.4, 0.5) is 17.6 Å². The third kappa shape index (κ3) is 3.67. The standard InChI is InChI=1S/C19H26N6/c1-16-6-5-7-17(21-16)24-12-14-25(15-13-24)19-20-9-8-18(22-19)23-10-3-2-4-11-23/h5-9H,2-4,10-15H2,1H3. The van der Waals surface area contributed by atoms with Crippen LogP contribution in [-0.4, -0.2) is 54.2 Å². The fourth-order valence-corrected chi connectivity index (χ4v) is 3.63. The first kappa shape index (κ1) is 16.1. The molecule has 25 heavy (non-hydrogen) atoms. The van der Waals surface area contributed by atoms with E-state index in [9.17, 15) is 0 Å². The number of piperidine rings is 1. The summed E-state index contributed by atoms with van der Waals surface area (Å²) in [4.78, 5) is 21.0. The first-order chi connectivity index (χ1) is 12.3. The van der Waals surface area contributed by atoms with E-state index in [2.05, 4.69) is 36.8 Å². The van der Waals surface area contributed by atoms with Crippen molar-refractivity contribution < 1.29 is 0 Å². The highest BCUT2D eigenvalue weighted by Gasteiger charge is 2.21. The molecule has 2 aliphatic rings. The maximum atomic E-state index is 4.84. The van der Waals surface area contributed by atoms with E-state index in [1.807, 2.05) is 25.3 Å². The average molecular weight is 338 g/mol. The third-order valence-electron chi connectivity index (χ3n) is 5.07. The predicted octanol–water partition coefficient (Wildman–Crippen LogP) is 2.50. The number of hydrogen-bond donors (Lipinski definition) is 0. The average Bonchev–Trinajstić information content (AvgIpc) is 2.69. The van der Waals surface area contributed by atoms with E-state index in [-0.39, 0.29) is 0 Å². The van der Waals surface area contributed by atoms with Crippen LogP contribution in [0.2, 0.25) is 0 Å². The maximum absolute atomic E-state index is 4.84. The summed E-state index contributed by atoms with van der Waals surface area (Å²) in [5.74, 6) is 3.01. The number of aromatic nitrogens is 3. The van der Waals surface area contributed by atoms with Gasteiger partial charge in [0.15, 0.2) is 0 Å². The van der Waals surface area contributed by atoms with E-state index in [4.69, 9.17) is 4.98 Å². The van der Waals surface area contributed by atoms with Crippen molar-refractivity contribution in [3.63, 3.8) is 0 Å².